The molecule has 8 nitrogen and oxygen atoms in total. The fourth-order valence-electron chi connectivity index (χ4n) is 2.09. The smallest absolute Gasteiger partial charge is 0.356 e. The second kappa shape index (κ2) is 8.72. The summed E-state index contributed by atoms with van der Waals surface area (Å²) in [5, 5.41) is 9.10. The summed E-state index contributed by atoms with van der Waals surface area (Å²) >= 11 is 0. The molecule has 1 aliphatic rings. The summed E-state index contributed by atoms with van der Waals surface area (Å²) in [5.74, 6) is -0.289. The van der Waals surface area contributed by atoms with Gasteiger partial charge in [0.2, 0.25) is 5.91 Å². The number of aromatic nitrogens is 2. The van der Waals surface area contributed by atoms with E-state index in [0.29, 0.717) is 19.0 Å². The van der Waals surface area contributed by atoms with E-state index >= 15 is 0 Å². The molecule has 0 bridgehead atoms. The third-order valence-electron chi connectivity index (χ3n) is 3.30. The lowest BCUT2D eigenvalue weighted by Crippen LogP contribution is -2.47. The standard InChI is InChI=1S/C13H21N5O3.ClH/c1-3-21-13(20)10-8-11(16-15-10)14-12(19)9-18-6-4-17(2)5-7-18;/h8H,3-7,9H2,1-2H3,(H2,14,15,16,19);1H. The van der Waals surface area contributed by atoms with E-state index < -0.39 is 5.97 Å². The summed E-state index contributed by atoms with van der Waals surface area (Å²) in [6.45, 7) is 6.02. The van der Waals surface area contributed by atoms with Gasteiger partial charge in [-0.2, -0.15) is 5.10 Å². The van der Waals surface area contributed by atoms with Crippen LogP contribution in [0.3, 0.4) is 0 Å². The van der Waals surface area contributed by atoms with Gasteiger partial charge in [-0.1, -0.05) is 0 Å². The van der Waals surface area contributed by atoms with Gasteiger partial charge in [0, 0.05) is 32.2 Å². The monoisotopic (exact) mass is 331 g/mol. The maximum absolute atomic E-state index is 11.9. The first-order valence-electron chi connectivity index (χ1n) is 7.01. The Morgan fingerprint density at radius 3 is 2.68 bits per heavy atom. The number of anilines is 1. The molecule has 22 heavy (non-hydrogen) atoms. The first kappa shape index (κ1) is 18.4. The number of esters is 1. The molecule has 0 atom stereocenters. The zero-order valence-corrected chi connectivity index (χ0v) is 13.6. The van der Waals surface area contributed by atoms with Crippen molar-refractivity contribution in [2.45, 2.75) is 6.92 Å². The normalized spacial score (nSPS) is 15.9. The third-order valence-corrected chi connectivity index (χ3v) is 3.30. The van der Waals surface area contributed by atoms with Crippen molar-refractivity contribution < 1.29 is 14.3 Å². The number of nitrogens with one attached hydrogen (secondary N) is 2. The van der Waals surface area contributed by atoms with Crippen molar-refractivity contribution >= 4 is 30.1 Å². The predicted molar refractivity (Wildman–Crippen MR) is 84.4 cm³/mol. The van der Waals surface area contributed by atoms with Crippen LogP contribution in [0.25, 0.3) is 0 Å². The van der Waals surface area contributed by atoms with Gasteiger partial charge in [-0.25, -0.2) is 4.79 Å². The zero-order chi connectivity index (χ0) is 15.2. The Morgan fingerprint density at radius 2 is 2.05 bits per heavy atom. The number of carbonyl (C=O) groups is 2. The molecule has 2 heterocycles. The average Bonchev–Trinajstić information content (AvgIpc) is 2.90. The van der Waals surface area contributed by atoms with Gasteiger partial charge in [0.05, 0.1) is 13.2 Å². The molecule has 0 spiro atoms. The largest absolute Gasteiger partial charge is 0.461 e. The highest BCUT2D eigenvalue weighted by Crippen LogP contribution is 2.07. The molecule has 0 unspecified atom stereocenters. The Kier molecular flexibility index (Phi) is 7.30. The fraction of sp³-hybridized carbons (Fsp3) is 0.615. The molecular formula is C13H22ClN5O3. The van der Waals surface area contributed by atoms with Gasteiger partial charge in [-0.15, -0.1) is 12.4 Å². The molecule has 0 radical (unpaired) electrons. The number of ether oxygens (including phenoxy) is 1. The number of piperazine rings is 1. The first-order chi connectivity index (χ1) is 10.1. The molecule has 1 amide bonds. The van der Waals surface area contributed by atoms with E-state index in [1.54, 1.807) is 6.92 Å². The topological polar surface area (TPSA) is 90.6 Å². The van der Waals surface area contributed by atoms with Crippen molar-refractivity contribution in [1.29, 1.82) is 0 Å². The minimum atomic E-state index is -0.482. The molecule has 9 heteroatoms. The minimum Gasteiger partial charge on any atom is -0.461 e. The molecule has 1 aromatic rings. The summed E-state index contributed by atoms with van der Waals surface area (Å²) in [5.41, 5.74) is 0.228. The van der Waals surface area contributed by atoms with Crippen LogP contribution in [-0.2, 0) is 9.53 Å². The SMILES string of the molecule is CCOC(=O)c1cc(NC(=O)CN2CCN(C)CC2)n[nH]1.Cl. The maximum atomic E-state index is 11.9. The van der Waals surface area contributed by atoms with Gasteiger partial charge in [0.15, 0.2) is 5.82 Å². The van der Waals surface area contributed by atoms with Crippen LogP contribution in [-0.4, -0.2) is 78.3 Å². The number of rotatable bonds is 5. The zero-order valence-electron chi connectivity index (χ0n) is 12.8. The van der Waals surface area contributed by atoms with Gasteiger partial charge in [-0.3, -0.25) is 14.8 Å². The Hall–Kier alpha value is -1.64. The summed E-state index contributed by atoms with van der Waals surface area (Å²) < 4.78 is 4.84. The Morgan fingerprint density at radius 1 is 1.36 bits per heavy atom. The van der Waals surface area contributed by atoms with Crippen molar-refractivity contribution in [1.82, 2.24) is 20.0 Å². The van der Waals surface area contributed by atoms with Crippen LogP contribution in [0.15, 0.2) is 6.07 Å². The third kappa shape index (κ3) is 5.28. The van der Waals surface area contributed by atoms with Crippen molar-refractivity contribution in [3.05, 3.63) is 11.8 Å². The lowest BCUT2D eigenvalue weighted by molar-refractivity contribution is -0.117. The summed E-state index contributed by atoms with van der Waals surface area (Å²) in [4.78, 5) is 27.7. The van der Waals surface area contributed by atoms with Crippen molar-refractivity contribution in [2.75, 3.05) is 51.7 Å². The highest BCUT2D eigenvalue weighted by Gasteiger charge is 2.17. The Bertz CT molecular complexity index is 500. The minimum absolute atomic E-state index is 0. The molecule has 2 rings (SSSR count). The van der Waals surface area contributed by atoms with Gasteiger partial charge in [0.25, 0.3) is 0 Å². The number of nitrogens with zero attached hydrogens (tertiary/aromatic N) is 3. The number of likely N-dealkylation sites (N-methyl/N-ethyl adjacent to an activating group) is 1. The van der Waals surface area contributed by atoms with Gasteiger partial charge < -0.3 is 15.0 Å². The summed E-state index contributed by atoms with van der Waals surface area (Å²) in [7, 11) is 2.07. The van der Waals surface area contributed by atoms with E-state index in [1.165, 1.54) is 6.07 Å². The van der Waals surface area contributed by atoms with E-state index in [1.807, 2.05) is 0 Å². The number of hydrogen-bond donors (Lipinski definition) is 2. The van der Waals surface area contributed by atoms with E-state index in [2.05, 4.69) is 32.4 Å². The molecular weight excluding hydrogens is 310 g/mol. The molecule has 1 aromatic heterocycles. The molecule has 1 saturated heterocycles. The molecule has 124 valence electrons. The molecule has 0 saturated carbocycles. The number of H-pyrrole nitrogens is 1. The highest BCUT2D eigenvalue weighted by molar-refractivity contribution is 5.93. The number of amides is 1. The lowest BCUT2D eigenvalue weighted by Gasteiger charge is -2.31. The second-order valence-electron chi connectivity index (χ2n) is 5.01. The van der Waals surface area contributed by atoms with Crippen LogP contribution in [0.4, 0.5) is 5.82 Å². The van der Waals surface area contributed by atoms with E-state index in [9.17, 15) is 9.59 Å². The molecule has 1 aliphatic heterocycles. The molecule has 0 aromatic carbocycles. The molecule has 2 N–H and O–H groups in total. The van der Waals surface area contributed by atoms with Crippen molar-refractivity contribution in [3.8, 4) is 0 Å². The maximum Gasteiger partial charge on any atom is 0.356 e. The van der Waals surface area contributed by atoms with E-state index in [0.717, 1.165) is 26.2 Å². The average molecular weight is 332 g/mol. The van der Waals surface area contributed by atoms with Crippen LogP contribution in [0.2, 0.25) is 0 Å². The Labute approximate surface area is 135 Å². The predicted octanol–water partition coefficient (Wildman–Crippen LogP) is 0.194. The van der Waals surface area contributed by atoms with Gasteiger partial charge in [-0.05, 0) is 14.0 Å². The summed E-state index contributed by atoms with van der Waals surface area (Å²) in [6.07, 6.45) is 0. The van der Waals surface area contributed by atoms with Crippen LogP contribution in [0, 0.1) is 0 Å². The fourth-order valence-corrected chi connectivity index (χ4v) is 2.09. The molecule has 0 aliphatic carbocycles. The van der Waals surface area contributed by atoms with Crippen molar-refractivity contribution in [2.24, 2.45) is 0 Å². The molecule has 1 fully saturated rings. The van der Waals surface area contributed by atoms with E-state index in [-0.39, 0.29) is 24.0 Å². The summed E-state index contributed by atoms with van der Waals surface area (Å²) in [6, 6.07) is 1.47. The first-order valence-corrected chi connectivity index (χ1v) is 7.01. The number of hydrogen-bond acceptors (Lipinski definition) is 6. The van der Waals surface area contributed by atoms with Crippen LogP contribution >= 0.6 is 12.4 Å². The quantitative estimate of drug-likeness (QED) is 0.749. The van der Waals surface area contributed by atoms with Crippen LogP contribution in [0.1, 0.15) is 17.4 Å². The van der Waals surface area contributed by atoms with Crippen LogP contribution in [0.5, 0.6) is 0 Å². The number of halogens is 1. The van der Waals surface area contributed by atoms with Crippen LogP contribution < -0.4 is 5.32 Å². The number of carbonyl (C=O) groups excluding carboxylic acids is 2. The number of aromatic amines is 1. The lowest BCUT2D eigenvalue weighted by atomic mass is 10.3. The van der Waals surface area contributed by atoms with Gasteiger partial charge in [0.1, 0.15) is 5.69 Å². The Balaban J connectivity index is 0.00000242. The highest BCUT2D eigenvalue weighted by atomic mass is 35.5. The van der Waals surface area contributed by atoms with Gasteiger partial charge >= 0.3 is 5.97 Å². The van der Waals surface area contributed by atoms with Crippen molar-refractivity contribution in [3.63, 3.8) is 0 Å². The van der Waals surface area contributed by atoms with E-state index in [4.69, 9.17) is 4.74 Å². The second-order valence-corrected chi connectivity index (χ2v) is 5.01.